The summed E-state index contributed by atoms with van der Waals surface area (Å²) in [5.41, 5.74) is 12.4. The van der Waals surface area contributed by atoms with E-state index in [1.165, 1.54) is 0 Å². The number of anilines is 2. The molecule has 30 heavy (non-hydrogen) atoms. The monoisotopic (exact) mass is 400 g/mol. The molecule has 5 nitrogen and oxygen atoms in total. The first-order chi connectivity index (χ1) is 14.5. The largest absolute Gasteiger partial charge is 0.454 e. The van der Waals surface area contributed by atoms with E-state index in [1.54, 1.807) is 0 Å². The highest BCUT2D eigenvalue weighted by atomic mass is 16.7. The summed E-state index contributed by atoms with van der Waals surface area (Å²) in [4.78, 5) is 13.2. The lowest BCUT2D eigenvalue weighted by Crippen LogP contribution is -2.27. The molecule has 1 aliphatic carbocycles. The summed E-state index contributed by atoms with van der Waals surface area (Å²) in [6.07, 6.45) is 1.65. The molecule has 1 aliphatic heterocycles. The van der Waals surface area contributed by atoms with Crippen LogP contribution < -0.4 is 20.5 Å². The first-order valence-corrected chi connectivity index (χ1v) is 10.1. The van der Waals surface area contributed by atoms with Crippen LogP contribution in [0.4, 0.5) is 11.4 Å². The summed E-state index contributed by atoms with van der Waals surface area (Å²) >= 11 is 0. The van der Waals surface area contributed by atoms with E-state index in [2.05, 4.69) is 18.3 Å². The van der Waals surface area contributed by atoms with Gasteiger partial charge in [0.25, 0.3) is 0 Å². The molecule has 0 radical (unpaired) electrons. The van der Waals surface area contributed by atoms with Gasteiger partial charge >= 0.3 is 0 Å². The number of hydrogen-bond donors (Lipinski definition) is 2. The van der Waals surface area contributed by atoms with Gasteiger partial charge in [-0.15, -0.1) is 0 Å². The number of aryl methyl sites for hydroxylation is 2. The number of ether oxygens (including phenoxy) is 2. The summed E-state index contributed by atoms with van der Waals surface area (Å²) in [7, 11) is 0. The van der Waals surface area contributed by atoms with Crippen LogP contribution in [0.25, 0.3) is 11.1 Å². The van der Waals surface area contributed by atoms with Crippen LogP contribution in [0, 0.1) is 13.8 Å². The Morgan fingerprint density at radius 1 is 0.933 bits per heavy atom. The standard InChI is InChI=1S/C25H24N2O3/c1-15-4-7-19(13-20(15)17-5-3-16(2)21(26)11-17)27-24(28)25(9-10-25)18-6-8-22-23(12-18)30-14-29-22/h3-8,11-13H,9-10,14,26H2,1-2H3,(H,27,28). The topological polar surface area (TPSA) is 73.6 Å². The zero-order valence-electron chi connectivity index (χ0n) is 17.1. The van der Waals surface area contributed by atoms with Gasteiger partial charge in [-0.25, -0.2) is 0 Å². The third kappa shape index (κ3) is 3.07. The molecule has 0 spiro atoms. The number of fused-ring (bicyclic) bond motifs is 1. The fraction of sp³-hybridized carbons (Fsp3) is 0.240. The van der Waals surface area contributed by atoms with Gasteiger partial charge in [0, 0.05) is 11.4 Å². The van der Waals surface area contributed by atoms with Gasteiger partial charge in [0.15, 0.2) is 11.5 Å². The van der Waals surface area contributed by atoms with Crippen LogP contribution in [0.15, 0.2) is 54.6 Å². The molecule has 5 rings (SSSR count). The molecule has 3 aromatic carbocycles. The molecule has 0 aromatic heterocycles. The quantitative estimate of drug-likeness (QED) is 0.608. The van der Waals surface area contributed by atoms with Gasteiger partial charge in [0.05, 0.1) is 5.41 Å². The lowest BCUT2D eigenvalue weighted by molar-refractivity contribution is -0.118. The van der Waals surface area contributed by atoms with Crippen molar-refractivity contribution in [2.75, 3.05) is 17.8 Å². The zero-order valence-corrected chi connectivity index (χ0v) is 17.1. The number of carbonyl (C=O) groups excluding carboxylic acids is 1. The van der Waals surface area contributed by atoms with Crippen LogP contribution >= 0.6 is 0 Å². The maximum atomic E-state index is 13.2. The highest BCUT2D eigenvalue weighted by molar-refractivity contribution is 6.02. The van der Waals surface area contributed by atoms with Crippen LogP contribution in [-0.2, 0) is 10.2 Å². The predicted molar refractivity (Wildman–Crippen MR) is 118 cm³/mol. The normalized spacial score (nSPS) is 15.7. The van der Waals surface area contributed by atoms with Crippen molar-refractivity contribution < 1.29 is 14.3 Å². The zero-order chi connectivity index (χ0) is 20.9. The van der Waals surface area contributed by atoms with E-state index in [4.69, 9.17) is 15.2 Å². The van der Waals surface area contributed by atoms with Gasteiger partial charge in [0.2, 0.25) is 12.7 Å². The van der Waals surface area contributed by atoms with Crippen molar-refractivity contribution in [1.82, 2.24) is 0 Å². The van der Waals surface area contributed by atoms with Crippen molar-refractivity contribution in [2.45, 2.75) is 32.1 Å². The Kier molecular flexibility index (Phi) is 4.21. The molecular weight excluding hydrogens is 376 g/mol. The van der Waals surface area contributed by atoms with Gasteiger partial charge in [-0.3, -0.25) is 4.79 Å². The summed E-state index contributed by atoms with van der Waals surface area (Å²) in [5, 5.41) is 3.13. The highest BCUT2D eigenvalue weighted by Gasteiger charge is 2.51. The minimum Gasteiger partial charge on any atom is -0.454 e. The third-order valence-electron chi connectivity index (χ3n) is 6.20. The minimum atomic E-state index is -0.500. The average Bonchev–Trinajstić information content (AvgIpc) is 3.42. The van der Waals surface area contributed by atoms with Crippen molar-refractivity contribution in [1.29, 1.82) is 0 Å². The number of carbonyl (C=O) groups is 1. The van der Waals surface area contributed by atoms with Crippen LogP contribution in [0.1, 0.15) is 29.5 Å². The van der Waals surface area contributed by atoms with E-state index in [-0.39, 0.29) is 12.7 Å². The number of hydrogen-bond acceptors (Lipinski definition) is 4. The molecule has 152 valence electrons. The molecule has 1 heterocycles. The van der Waals surface area contributed by atoms with Crippen molar-refractivity contribution in [3.63, 3.8) is 0 Å². The first kappa shape index (κ1) is 18.6. The molecule has 1 amide bonds. The smallest absolute Gasteiger partial charge is 0.235 e. The van der Waals surface area contributed by atoms with Gasteiger partial charge < -0.3 is 20.5 Å². The van der Waals surface area contributed by atoms with Crippen molar-refractivity contribution >= 4 is 17.3 Å². The summed E-state index contributed by atoms with van der Waals surface area (Å²) in [6.45, 7) is 4.29. The second-order valence-corrected chi connectivity index (χ2v) is 8.21. The molecule has 3 aromatic rings. The van der Waals surface area contributed by atoms with Crippen molar-refractivity contribution in [2.24, 2.45) is 0 Å². The third-order valence-corrected chi connectivity index (χ3v) is 6.20. The Labute approximate surface area is 175 Å². The maximum Gasteiger partial charge on any atom is 0.235 e. The van der Waals surface area contributed by atoms with E-state index in [0.717, 1.165) is 57.8 Å². The van der Waals surface area contributed by atoms with E-state index in [0.29, 0.717) is 5.75 Å². The molecule has 0 bridgehead atoms. The Morgan fingerprint density at radius 2 is 1.70 bits per heavy atom. The van der Waals surface area contributed by atoms with Crippen LogP contribution in [-0.4, -0.2) is 12.7 Å². The lowest BCUT2D eigenvalue weighted by atomic mass is 9.94. The fourth-order valence-corrected chi connectivity index (χ4v) is 4.04. The molecule has 0 atom stereocenters. The number of rotatable bonds is 4. The molecular formula is C25H24N2O3. The molecule has 5 heteroatoms. The predicted octanol–water partition coefficient (Wildman–Crippen LogP) is 4.95. The molecule has 3 N–H and O–H groups in total. The Hall–Kier alpha value is -3.47. The van der Waals surface area contributed by atoms with Crippen LogP contribution in [0.2, 0.25) is 0 Å². The van der Waals surface area contributed by atoms with Crippen molar-refractivity contribution in [3.05, 3.63) is 71.3 Å². The van der Waals surface area contributed by atoms with E-state index < -0.39 is 5.41 Å². The SMILES string of the molecule is Cc1ccc(-c2cc(NC(=O)C3(c4ccc5c(c4)OCO5)CC3)ccc2C)cc1N. The molecule has 0 saturated heterocycles. The summed E-state index contributed by atoms with van der Waals surface area (Å²) in [5.74, 6) is 1.45. The molecule has 2 aliphatic rings. The maximum absolute atomic E-state index is 13.2. The van der Waals surface area contributed by atoms with Gasteiger partial charge in [-0.05, 0) is 84.8 Å². The Bertz CT molecular complexity index is 1170. The van der Waals surface area contributed by atoms with Crippen LogP contribution in [0.5, 0.6) is 11.5 Å². The fourth-order valence-electron chi connectivity index (χ4n) is 4.04. The second kappa shape index (κ2) is 6.80. The van der Waals surface area contributed by atoms with E-state index >= 15 is 0 Å². The van der Waals surface area contributed by atoms with Gasteiger partial charge in [0.1, 0.15) is 0 Å². The Morgan fingerprint density at radius 3 is 2.47 bits per heavy atom. The number of benzene rings is 3. The lowest BCUT2D eigenvalue weighted by Gasteiger charge is -2.17. The van der Waals surface area contributed by atoms with Crippen molar-refractivity contribution in [3.8, 4) is 22.6 Å². The summed E-state index contributed by atoms with van der Waals surface area (Å²) in [6, 6.07) is 17.9. The van der Waals surface area contributed by atoms with Crippen LogP contribution in [0.3, 0.4) is 0 Å². The van der Waals surface area contributed by atoms with E-state index in [9.17, 15) is 4.79 Å². The number of nitrogens with two attached hydrogens (primary N) is 1. The van der Waals surface area contributed by atoms with Gasteiger partial charge in [-0.1, -0.05) is 24.3 Å². The molecule has 0 unspecified atom stereocenters. The number of nitrogen functional groups attached to an aromatic ring is 1. The second-order valence-electron chi connectivity index (χ2n) is 8.21. The van der Waals surface area contributed by atoms with Gasteiger partial charge in [-0.2, -0.15) is 0 Å². The minimum absolute atomic E-state index is 0.0135. The molecule has 1 saturated carbocycles. The summed E-state index contributed by atoms with van der Waals surface area (Å²) < 4.78 is 10.9. The Balaban J connectivity index is 1.42. The number of amides is 1. The average molecular weight is 400 g/mol. The molecule has 1 fully saturated rings. The van der Waals surface area contributed by atoms with E-state index in [1.807, 2.05) is 55.5 Å². The first-order valence-electron chi connectivity index (χ1n) is 10.1. The number of nitrogens with one attached hydrogen (secondary N) is 1. The highest BCUT2D eigenvalue weighted by Crippen LogP contribution is 2.51.